The summed E-state index contributed by atoms with van der Waals surface area (Å²) in [4.78, 5) is 44.9. The number of alkyl carbamates (subject to hydrolysis) is 1. The molecule has 1 saturated carbocycles. The van der Waals surface area contributed by atoms with Gasteiger partial charge in [0.15, 0.2) is 0 Å². The molecule has 0 saturated heterocycles. The molecular formula is C39H39FN6O5. The highest BCUT2D eigenvalue weighted by molar-refractivity contribution is 6.15. The van der Waals surface area contributed by atoms with Crippen LogP contribution in [-0.2, 0) is 14.3 Å². The van der Waals surface area contributed by atoms with Gasteiger partial charge in [0.05, 0.1) is 27.6 Å². The zero-order valence-corrected chi connectivity index (χ0v) is 28.6. The zero-order chi connectivity index (χ0) is 35.9. The smallest absolute Gasteiger partial charge is 0.408 e. The fourth-order valence-corrected chi connectivity index (χ4v) is 6.84. The number of rotatable bonds is 8. The van der Waals surface area contributed by atoms with Gasteiger partial charge in [-0.1, -0.05) is 30.3 Å². The molecule has 0 unspecified atom stereocenters. The van der Waals surface area contributed by atoms with Gasteiger partial charge >= 0.3 is 12.1 Å². The number of carbonyl (C=O) groups excluding carboxylic acids is 3. The van der Waals surface area contributed by atoms with Crippen LogP contribution in [0.3, 0.4) is 0 Å². The van der Waals surface area contributed by atoms with E-state index in [-0.39, 0.29) is 24.5 Å². The van der Waals surface area contributed by atoms with Crippen molar-refractivity contribution in [1.82, 2.24) is 19.9 Å². The van der Waals surface area contributed by atoms with Crippen LogP contribution in [0.1, 0.15) is 56.8 Å². The van der Waals surface area contributed by atoms with Crippen LogP contribution in [0.4, 0.5) is 14.9 Å². The van der Waals surface area contributed by atoms with Gasteiger partial charge < -0.3 is 35.4 Å². The summed E-state index contributed by atoms with van der Waals surface area (Å²) in [6.07, 6.45) is 1.66. The normalized spacial score (nSPS) is 16.3. The van der Waals surface area contributed by atoms with Gasteiger partial charge in [0, 0.05) is 33.8 Å². The van der Waals surface area contributed by atoms with Gasteiger partial charge in [0.1, 0.15) is 29.9 Å². The third kappa shape index (κ3) is 7.07. The van der Waals surface area contributed by atoms with Gasteiger partial charge in [-0.25, -0.2) is 14.2 Å². The highest BCUT2D eigenvalue weighted by atomic mass is 19.1. The first-order valence-corrected chi connectivity index (χ1v) is 17.0. The Hall–Kier alpha value is -5.91. The first kappa shape index (κ1) is 33.6. The van der Waals surface area contributed by atoms with Crippen molar-refractivity contribution in [2.45, 2.75) is 64.2 Å². The second-order valence-electron chi connectivity index (χ2n) is 13.9. The number of aromatic nitrogens is 3. The number of H-pyrrole nitrogens is 1. The van der Waals surface area contributed by atoms with E-state index in [1.807, 2.05) is 48.5 Å². The monoisotopic (exact) mass is 690 g/mol. The Morgan fingerprint density at radius 2 is 1.73 bits per heavy atom. The molecule has 0 spiro atoms. The van der Waals surface area contributed by atoms with E-state index >= 15 is 0 Å². The molecule has 0 aliphatic heterocycles. The molecule has 2 amide bonds. The summed E-state index contributed by atoms with van der Waals surface area (Å²) in [5.74, 6) is -0.770. The number of amides is 2. The maximum Gasteiger partial charge on any atom is 0.408 e. The number of hydrogen-bond donors (Lipinski definition) is 4. The number of primary amides is 1. The SMILES string of the molecule is CC(C)(C)OC(=O)NCC(=O)O[C@H]1CC[C@H](Nc2cc(-n3c4ccccc4c4c(-c5nc6ccc(F)cc6[nH]5)cccc43)ccc2C(N)=O)CC1. The third-order valence-electron chi connectivity index (χ3n) is 9.03. The number of carbonyl (C=O) groups is 3. The summed E-state index contributed by atoms with van der Waals surface area (Å²) in [6, 6.07) is 24.2. The zero-order valence-electron chi connectivity index (χ0n) is 28.6. The number of aromatic amines is 1. The molecule has 1 aliphatic carbocycles. The van der Waals surface area contributed by atoms with Crippen LogP contribution in [0.15, 0.2) is 78.9 Å². The maximum atomic E-state index is 14.0. The Labute approximate surface area is 293 Å². The number of imidazole rings is 1. The van der Waals surface area contributed by atoms with E-state index in [1.165, 1.54) is 12.1 Å². The van der Waals surface area contributed by atoms with E-state index in [4.69, 9.17) is 20.2 Å². The number of hydrogen-bond acceptors (Lipinski definition) is 7. The molecule has 5 N–H and O–H groups in total. The van der Waals surface area contributed by atoms with E-state index in [0.29, 0.717) is 53.8 Å². The maximum absolute atomic E-state index is 14.0. The highest BCUT2D eigenvalue weighted by Crippen LogP contribution is 2.39. The summed E-state index contributed by atoms with van der Waals surface area (Å²) < 4.78 is 26.9. The Morgan fingerprint density at radius 1 is 0.961 bits per heavy atom. The molecule has 12 heteroatoms. The molecule has 0 bridgehead atoms. The van der Waals surface area contributed by atoms with Gasteiger partial charge in [0.2, 0.25) is 0 Å². The molecular weight excluding hydrogens is 651 g/mol. The van der Waals surface area contributed by atoms with Crippen molar-refractivity contribution < 1.29 is 28.2 Å². The van der Waals surface area contributed by atoms with Gasteiger partial charge in [-0.3, -0.25) is 9.59 Å². The molecule has 1 aliphatic rings. The van der Waals surface area contributed by atoms with Crippen LogP contribution in [0.5, 0.6) is 0 Å². The van der Waals surface area contributed by atoms with Crippen molar-refractivity contribution in [3.63, 3.8) is 0 Å². The number of ether oxygens (including phenoxy) is 2. The van der Waals surface area contributed by atoms with Crippen LogP contribution >= 0.6 is 0 Å². The molecule has 6 aromatic rings. The predicted octanol–water partition coefficient (Wildman–Crippen LogP) is 7.36. The molecule has 7 rings (SSSR count). The molecule has 51 heavy (non-hydrogen) atoms. The standard InChI is InChI=1S/C39H39FN6O5/c1-39(2,3)51-38(49)42-21-34(47)50-25-15-12-23(13-16-25)43-30-20-24(14-17-26(30)36(41)48)46-32-9-5-4-7-27(32)35-28(8-6-10-33(35)46)37-44-29-18-11-22(40)19-31(29)45-37/h4-11,14,17-20,23,25,43H,12-13,15-16,21H2,1-3H3,(H2,41,48)(H,42,49)(H,44,45)/t23-,25-. The van der Waals surface area contributed by atoms with E-state index in [1.54, 1.807) is 32.9 Å². The van der Waals surface area contributed by atoms with Crippen molar-refractivity contribution >= 4 is 56.5 Å². The third-order valence-corrected chi connectivity index (χ3v) is 9.03. The molecule has 262 valence electrons. The van der Waals surface area contributed by atoms with Crippen molar-refractivity contribution in [2.24, 2.45) is 5.73 Å². The number of benzene rings is 4. The number of halogens is 1. The average molecular weight is 691 g/mol. The Balaban J connectivity index is 1.13. The number of anilines is 1. The summed E-state index contributed by atoms with van der Waals surface area (Å²) in [5, 5.41) is 7.97. The number of nitrogens with zero attached hydrogens (tertiary/aromatic N) is 2. The van der Waals surface area contributed by atoms with E-state index < -0.39 is 23.6 Å². The second kappa shape index (κ2) is 13.4. The molecule has 2 aromatic heterocycles. The lowest BCUT2D eigenvalue weighted by Gasteiger charge is -2.30. The molecule has 11 nitrogen and oxygen atoms in total. The summed E-state index contributed by atoms with van der Waals surface area (Å²) in [5.41, 5.74) is 11.1. The average Bonchev–Trinajstić information content (AvgIpc) is 3.66. The van der Waals surface area contributed by atoms with Crippen molar-refractivity contribution in [2.75, 3.05) is 11.9 Å². The number of esters is 1. The molecule has 4 aromatic carbocycles. The van der Waals surface area contributed by atoms with Gasteiger partial charge in [-0.15, -0.1) is 0 Å². The molecule has 0 radical (unpaired) electrons. The summed E-state index contributed by atoms with van der Waals surface area (Å²) >= 11 is 0. The fraction of sp³-hybridized carbons (Fsp3) is 0.282. The van der Waals surface area contributed by atoms with Crippen LogP contribution in [0.2, 0.25) is 0 Å². The minimum absolute atomic E-state index is 0.0101. The lowest BCUT2D eigenvalue weighted by molar-refractivity contribution is -0.149. The van der Waals surface area contributed by atoms with E-state index in [2.05, 4.69) is 26.3 Å². The largest absolute Gasteiger partial charge is 0.461 e. The predicted molar refractivity (Wildman–Crippen MR) is 194 cm³/mol. The lowest BCUT2D eigenvalue weighted by Crippen LogP contribution is -2.38. The van der Waals surface area contributed by atoms with Crippen LogP contribution in [0, 0.1) is 5.82 Å². The van der Waals surface area contributed by atoms with Crippen molar-refractivity contribution in [3.8, 4) is 17.1 Å². The quantitative estimate of drug-likeness (QED) is 0.122. The summed E-state index contributed by atoms with van der Waals surface area (Å²) in [6.45, 7) is 4.96. The fourth-order valence-electron chi connectivity index (χ4n) is 6.84. The number of nitrogens with one attached hydrogen (secondary N) is 3. The minimum Gasteiger partial charge on any atom is -0.461 e. The van der Waals surface area contributed by atoms with Crippen LogP contribution < -0.4 is 16.4 Å². The first-order valence-electron chi connectivity index (χ1n) is 17.0. The van der Waals surface area contributed by atoms with Gasteiger partial charge in [-0.2, -0.15) is 0 Å². The number of fused-ring (bicyclic) bond motifs is 4. The highest BCUT2D eigenvalue weighted by Gasteiger charge is 2.26. The molecule has 2 heterocycles. The van der Waals surface area contributed by atoms with Gasteiger partial charge in [0.25, 0.3) is 5.91 Å². The summed E-state index contributed by atoms with van der Waals surface area (Å²) in [7, 11) is 0. The topological polar surface area (TPSA) is 153 Å². The van der Waals surface area contributed by atoms with Crippen molar-refractivity contribution in [1.29, 1.82) is 0 Å². The first-order chi connectivity index (χ1) is 24.4. The van der Waals surface area contributed by atoms with E-state index in [9.17, 15) is 18.8 Å². The van der Waals surface area contributed by atoms with Crippen LogP contribution in [0.25, 0.3) is 49.9 Å². The van der Waals surface area contributed by atoms with Gasteiger partial charge in [-0.05, 0) is 95.0 Å². The number of para-hydroxylation sites is 1. The number of nitrogens with two attached hydrogens (primary N) is 1. The second-order valence-corrected chi connectivity index (χ2v) is 13.9. The minimum atomic E-state index is -0.676. The molecule has 0 atom stereocenters. The van der Waals surface area contributed by atoms with Crippen LogP contribution in [-0.4, -0.2) is 56.8 Å². The Bertz CT molecular complexity index is 2300. The Morgan fingerprint density at radius 3 is 2.49 bits per heavy atom. The molecule has 1 fully saturated rings. The lowest BCUT2D eigenvalue weighted by atomic mass is 9.92. The van der Waals surface area contributed by atoms with Crippen molar-refractivity contribution in [3.05, 3.63) is 90.2 Å². The Kier molecular flexibility index (Phi) is 8.84. The van der Waals surface area contributed by atoms with E-state index in [0.717, 1.165) is 33.1 Å².